The number of primary amides is 1. The number of thioether (sulfide) groups is 1. The number of benzene rings is 3. The average Bonchev–Trinajstić information content (AvgIpc) is 3.65. The molecule has 0 unspecified atom stereocenters. The summed E-state index contributed by atoms with van der Waals surface area (Å²) < 4.78 is 10.6. The summed E-state index contributed by atoms with van der Waals surface area (Å²) in [7, 11) is 0. The number of nitrogen functional groups attached to an aromatic ring is 1. The maximum Gasteiger partial charge on any atom is 0.405 e. The molecule has 0 spiro atoms. The van der Waals surface area contributed by atoms with Crippen molar-refractivity contribution in [2.45, 2.75) is 47.0 Å². The fourth-order valence-electron chi connectivity index (χ4n) is 6.57. The molecule has 0 aromatic heterocycles. The van der Waals surface area contributed by atoms with Crippen LogP contribution in [0.1, 0.15) is 34.6 Å². The Kier molecular flexibility index (Phi) is 7.93. The third kappa shape index (κ3) is 5.36. The van der Waals surface area contributed by atoms with E-state index < -0.39 is 47.1 Å². The second-order valence-electron chi connectivity index (χ2n) is 11.5. The van der Waals surface area contributed by atoms with E-state index in [2.05, 4.69) is 10.1 Å². The molecule has 12 nitrogen and oxygen atoms in total. The van der Waals surface area contributed by atoms with Crippen LogP contribution in [-0.4, -0.2) is 65.6 Å². The monoisotopic (exact) mass is 630 g/mol. The molecule has 2 heterocycles. The van der Waals surface area contributed by atoms with Gasteiger partial charge in [0.1, 0.15) is 17.0 Å². The molecule has 0 radical (unpaired) electrons. The lowest BCUT2D eigenvalue weighted by Crippen LogP contribution is -2.60. The number of aryl methyl sites for hydroxylation is 1. The average molecular weight is 631 g/mol. The van der Waals surface area contributed by atoms with Gasteiger partial charge in [-0.15, -0.1) is 11.8 Å². The van der Waals surface area contributed by atoms with E-state index >= 15 is 0 Å². The van der Waals surface area contributed by atoms with Crippen LogP contribution in [0.3, 0.4) is 0 Å². The van der Waals surface area contributed by atoms with Crippen molar-refractivity contribution in [3.63, 3.8) is 0 Å². The van der Waals surface area contributed by atoms with Gasteiger partial charge in [0.05, 0.1) is 11.3 Å². The minimum atomic E-state index is -1.58. The Morgan fingerprint density at radius 2 is 1.80 bits per heavy atom. The van der Waals surface area contributed by atoms with Crippen LogP contribution in [0.4, 0.5) is 10.5 Å². The van der Waals surface area contributed by atoms with Crippen molar-refractivity contribution in [2.24, 2.45) is 17.2 Å². The molecule has 45 heavy (non-hydrogen) atoms. The SMILES string of the molecule is Cc1cc(Oc2ccccc2)ccc1[C@]1(N)C(=O)[C@H](N)[C@H]2c3c1ccc(N)c3S[C@H]2C(=O)N[C@@H]1CCN(C(=O)COC(N)=O)C1. The summed E-state index contributed by atoms with van der Waals surface area (Å²) in [4.78, 5) is 53.3. The van der Waals surface area contributed by atoms with Crippen LogP contribution in [-0.2, 0) is 24.7 Å². The van der Waals surface area contributed by atoms with Crippen LogP contribution in [0, 0.1) is 6.92 Å². The molecule has 13 heteroatoms. The summed E-state index contributed by atoms with van der Waals surface area (Å²) in [5.74, 6) is -0.499. The van der Waals surface area contributed by atoms with Crippen molar-refractivity contribution in [1.29, 1.82) is 0 Å². The number of rotatable bonds is 7. The van der Waals surface area contributed by atoms with Crippen molar-refractivity contribution in [3.8, 4) is 11.5 Å². The normalized spacial score (nSPS) is 25.0. The number of amides is 3. The van der Waals surface area contributed by atoms with E-state index in [-0.39, 0.29) is 18.5 Å². The first-order valence-corrected chi connectivity index (χ1v) is 15.4. The second-order valence-corrected chi connectivity index (χ2v) is 12.7. The number of ether oxygens (including phenoxy) is 2. The van der Waals surface area contributed by atoms with Crippen LogP contribution in [0.15, 0.2) is 65.6 Å². The van der Waals surface area contributed by atoms with Crippen LogP contribution in [0.25, 0.3) is 0 Å². The Balaban J connectivity index is 1.26. The molecule has 1 saturated heterocycles. The van der Waals surface area contributed by atoms with E-state index in [1.807, 2.05) is 43.3 Å². The molecular weight excluding hydrogens is 596 g/mol. The van der Waals surface area contributed by atoms with Gasteiger partial charge in [0.2, 0.25) is 5.91 Å². The van der Waals surface area contributed by atoms with Gasteiger partial charge < -0.3 is 42.6 Å². The van der Waals surface area contributed by atoms with E-state index in [9.17, 15) is 19.2 Å². The number of hydrogen-bond acceptors (Lipinski definition) is 10. The predicted octanol–water partition coefficient (Wildman–Crippen LogP) is 1.85. The lowest BCUT2D eigenvalue weighted by Gasteiger charge is -2.42. The molecule has 3 aliphatic rings. The van der Waals surface area contributed by atoms with Gasteiger partial charge in [0.15, 0.2) is 12.4 Å². The number of anilines is 1. The lowest BCUT2D eigenvalue weighted by molar-refractivity contribution is -0.133. The molecule has 5 atom stereocenters. The number of nitrogens with zero attached hydrogens (tertiary/aromatic N) is 1. The van der Waals surface area contributed by atoms with Crippen molar-refractivity contribution < 1.29 is 28.7 Å². The van der Waals surface area contributed by atoms with E-state index in [1.165, 1.54) is 16.7 Å². The molecule has 0 bridgehead atoms. The van der Waals surface area contributed by atoms with E-state index in [4.69, 9.17) is 27.7 Å². The van der Waals surface area contributed by atoms with E-state index in [1.54, 1.807) is 24.3 Å². The third-order valence-corrected chi connectivity index (χ3v) is 10.2. The summed E-state index contributed by atoms with van der Waals surface area (Å²) in [5, 5.41) is 2.28. The second kappa shape index (κ2) is 11.7. The molecular formula is C32H34N6O6S. The molecule has 0 saturated carbocycles. The van der Waals surface area contributed by atoms with Crippen LogP contribution < -0.4 is 33.0 Å². The number of carbonyl (C=O) groups is 4. The Labute approximate surface area is 263 Å². The van der Waals surface area contributed by atoms with E-state index in [0.29, 0.717) is 51.7 Å². The van der Waals surface area contributed by atoms with Crippen LogP contribution in [0.5, 0.6) is 11.5 Å². The first-order valence-electron chi connectivity index (χ1n) is 14.5. The first-order chi connectivity index (χ1) is 21.5. The third-order valence-electron chi connectivity index (χ3n) is 8.72. The van der Waals surface area contributed by atoms with Gasteiger partial charge in [-0.3, -0.25) is 14.4 Å². The van der Waals surface area contributed by atoms with Gasteiger partial charge in [0, 0.05) is 35.6 Å². The summed E-state index contributed by atoms with van der Waals surface area (Å²) in [5.41, 5.74) is 26.6. The number of nitrogens with two attached hydrogens (primary N) is 4. The highest BCUT2D eigenvalue weighted by Gasteiger charge is 2.57. The fraction of sp³-hybridized carbons (Fsp3) is 0.312. The number of para-hydroxylation sites is 1. The highest BCUT2D eigenvalue weighted by molar-refractivity contribution is 8.01. The van der Waals surface area contributed by atoms with Crippen LogP contribution in [0.2, 0.25) is 0 Å². The van der Waals surface area contributed by atoms with Crippen LogP contribution >= 0.6 is 11.8 Å². The Hall–Kier alpha value is -4.59. The predicted molar refractivity (Wildman–Crippen MR) is 168 cm³/mol. The molecule has 3 aromatic rings. The van der Waals surface area contributed by atoms with Gasteiger partial charge in [0.25, 0.3) is 5.91 Å². The first kappa shape index (κ1) is 30.4. The van der Waals surface area contributed by atoms with Gasteiger partial charge in [-0.2, -0.15) is 0 Å². The smallest absolute Gasteiger partial charge is 0.405 e. The summed E-state index contributed by atoms with van der Waals surface area (Å²) in [6.45, 7) is 2.03. The van der Waals surface area contributed by atoms with Crippen molar-refractivity contribution in [3.05, 3.63) is 82.9 Å². The maximum atomic E-state index is 14.2. The zero-order chi connectivity index (χ0) is 32.0. The van der Waals surface area contributed by atoms with Gasteiger partial charge in [-0.05, 0) is 65.9 Å². The van der Waals surface area contributed by atoms with Crippen molar-refractivity contribution >= 4 is 41.1 Å². The highest BCUT2D eigenvalue weighted by Crippen LogP contribution is 2.56. The number of likely N-dealkylation sites (tertiary alicyclic amines) is 1. The largest absolute Gasteiger partial charge is 0.457 e. The molecule has 9 N–H and O–H groups in total. The molecule has 2 aliphatic heterocycles. The van der Waals surface area contributed by atoms with Gasteiger partial charge >= 0.3 is 6.09 Å². The van der Waals surface area contributed by atoms with Crippen molar-refractivity contribution in [1.82, 2.24) is 10.2 Å². The van der Waals surface area contributed by atoms with E-state index in [0.717, 1.165) is 5.56 Å². The lowest BCUT2D eigenvalue weighted by atomic mass is 9.64. The Morgan fingerprint density at radius 1 is 1.07 bits per heavy atom. The van der Waals surface area contributed by atoms with Gasteiger partial charge in [-0.1, -0.05) is 30.3 Å². The zero-order valence-electron chi connectivity index (χ0n) is 24.5. The molecule has 3 aromatic carbocycles. The fourth-order valence-corrected chi connectivity index (χ4v) is 8.03. The number of Topliss-reactive ketones (excluding diaryl/α,β-unsaturated/α-hetero) is 1. The quantitative estimate of drug-likeness (QED) is 0.240. The number of ketones is 1. The molecule has 234 valence electrons. The number of nitrogens with one attached hydrogen (secondary N) is 1. The summed E-state index contributed by atoms with van der Waals surface area (Å²) in [6, 6.07) is 16.8. The number of carbonyl (C=O) groups excluding carboxylic acids is 4. The molecule has 6 rings (SSSR count). The minimum absolute atomic E-state index is 0.245. The minimum Gasteiger partial charge on any atom is -0.457 e. The highest BCUT2D eigenvalue weighted by atomic mass is 32.2. The summed E-state index contributed by atoms with van der Waals surface area (Å²) >= 11 is 1.27. The molecule has 3 amide bonds. The topological polar surface area (TPSA) is 206 Å². The molecule has 1 fully saturated rings. The zero-order valence-corrected chi connectivity index (χ0v) is 25.3. The van der Waals surface area contributed by atoms with Crippen molar-refractivity contribution in [2.75, 3.05) is 25.4 Å². The Bertz CT molecular complexity index is 1700. The standard InChI is InChI=1S/C32H34N6O6S/c1-16-13-19(44-18-5-3-2-4-6-18)7-8-20(16)32(36)21-9-10-22(33)27-24(21)25(26(34)29(32)40)28(45-27)30(41)37-17-11-12-38(14-17)23(39)15-43-31(35)42/h2-10,13,17,25-26,28H,11-12,14-15,33-34,36H2,1H3,(H2,35,42)(H,37,41)/t17-,25-,26-,28-,32-/m1/s1. The summed E-state index contributed by atoms with van der Waals surface area (Å²) in [6.07, 6.45) is -0.524. The molecule has 1 aliphatic carbocycles. The maximum absolute atomic E-state index is 14.2. The Morgan fingerprint density at radius 3 is 2.51 bits per heavy atom. The van der Waals surface area contributed by atoms with Gasteiger partial charge in [-0.25, -0.2) is 4.79 Å². The number of hydrogen-bond donors (Lipinski definition) is 5.